The summed E-state index contributed by atoms with van der Waals surface area (Å²) in [6, 6.07) is 0.479. The van der Waals surface area contributed by atoms with Crippen molar-refractivity contribution in [2.24, 2.45) is 0 Å². The molecule has 2 aliphatic heterocycles. The van der Waals surface area contributed by atoms with Crippen LogP contribution in [-0.2, 0) is 14.6 Å². The summed E-state index contributed by atoms with van der Waals surface area (Å²) in [6.07, 6.45) is 9.21. The van der Waals surface area contributed by atoms with Crippen LogP contribution in [0, 0.1) is 0 Å². The minimum absolute atomic E-state index is 0.116. The monoisotopic (exact) mass is 344 g/mol. The number of unbranched alkanes of at least 4 members (excludes halogenated alkanes) is 4. The summed E-state index contributed by atoms with van der Waals surface area (Å²) in [5.74, 6) is 0.896. The molecule has 0 radical (unpaired) electrons. The maximum atomic E-state index is 12.2. The van der Waals surface area contributed by atoms with Gasteiger partial charge in [0.15, 0.2) is 9.84 Å². The molecule has 0 saturated carbocycles. The molecule has 0 spiro atoms. The smallest absolute Gasteiger partial charge is 0.222 e. The van der Waals surface area contributed by atoms with E-state index in [0.29, 0.717) is 24.1 Å². The molecule has 0 unspecified atom stereocenters. The van der Waals surface area contributed by atoms with Crippen LogP contribution in [0.5, 0.6) is 0 Å². The first-order chi connectivity index (χ1) is 11.0. The molecule has 5 nitrogen and oxygen atoms in total. The number of hydrogen-bond donors (Lipinski definition) is 1. The fraction of sp³-hybridized carbons (Fsp3) is 0.941. The summed E-state index contributed by atoms with van der Waals surface area (Å²) in [7, 11) is -2.81. The third-order valence-corrected chi connectivity index (χ3v) is 6.81. The maximum Gasteiger partial charge on any atom is 0.222 e. The Bertz CT molecular complexity index is 470. The van der Waals surface area contributed by atoms with Crippen LogP contribution < -0.4 is 5.32 Å². The predicted molar refractivity (Wildman–Crippen MR) is 93.2 cm³/mol. The van der Waals surface area contributed by atoms with Crippen molar-refractivity contribution in [3.05, 3.63) is 0 Å². The molecule has 1 N–H and O–H groups in total. The lowest BCUT2D eigenvalue weighted by Gasteiger charge is -2.34. The SMILES string of the molecule is CCCCCCCC(=O)N1CCC(N[C@H]2CCS(=O)(=O)C2)CC1. The lowest BCUT2D eigenvalue weighted by molar-refractivity contribution is -0.132. The molecule has 0 bridgehead atoms. The molecule has 0 aliphatic carbocycles. The molecule has 134 valence electrons. The zero-order valence-electron chi connectivity index (χ0n) is 14.4. The third kappa shape index (κ3) is 6.42. The highest BCUT2D eigenvalue weighted by atomic mass is 32.2. The second-order valence-corrected chi connectivity index (χ2v) is 9.31. The van der Waals surface area contributed by atoms with E-state index in [2.05, 4.69) is 12.2 Å². The zero-order valence-corrected chi connectivity index (χ0v) is 15.2. The summed E-state index contributed by atoms with van der Waals surface area (Å²) >= 11 is 0. The quantitative estimate of drug-likeness (QED) is 0.685. The maximum absolute atomic E-state index is 12.2. The van der Waals surface area contributed by atoms with Gasteiger partial charge >= 0.3 is 0 Å². The van der Waals surface area contributed by atoms with Crippen LogP contribution in [0.4, 0.5) is 0 Å². The fourth-order valence-electron chi connectivity index (χ4n) is 3.59. The van der Waals surface area contributed by atoms with Gasteiger partial charge in [-0.3, -0.25) is 4.79 Å². The van der Waals surface area contributed by atoms with Crippen LogP contribution in [0.1, 0.15) is 64.7 Å². The van der Waals surface area contributed by atoms with Crippen molar-refractivity contribution in [1.82, 2.24) is 10.2 Å². The van der Waals surface area contributed by atoms with Gasteiger partial charge in [-0.25, -0.2) is 8.42 Å². The molecule has 1 atom stereocenters. The highest BCUT2D eigenvalue weighted by Gasteiger charge is 2.31. The van der Waals surface area contributed by atoms with Gasteiger partial charge in [-0.15, -0.1) is 0 Å². The van der Waals surface area contributed by atoms with Crippen molar-refractivity contribution in [3.63, 3.8) is 0 Å². The number of hydrogen-bond acceptors (Lipinski definition) is 4. The molecule has 2 rings (SSSR count). The Hall–Kier alpha value is -0.620. The lowest BCUT2D eigenvalue weighted by Crippen LogP contribution is -2.48. The summed E-state index contributed by atoms with van der Waals surface area (Å²) in [5.41, 5.74) is 0. The molecule has 2 saturated heterocycles. The van der Waals surface area contributed by atoms with Gasteiger partial charge in [0.2, 0.25) is 5.91 Å². The van der Waals surface area contributed by atoms with E-state index in [4.69, 9.17) is 0 Å². The number of rotatable bonds is 8. The number of carbonyl (C=O) groups excluding carboxylic acids is 1. The van der Waals surface area contributed by atoms with Gasteiger partial charge < -0.3 is 10.2 Å². The van der Waals surface area contributed by atoms with E-state index < -0.39 is 9.84 Å². The van der Waals surface area contributed by atoms with E-state index in [1.807, 2.05) is 4.90 Å². The average molecular weight is 345 g/mol. The van der Waals surface area contributed by atoms with Gasteiger partial charge in [0.1, 0.15) is 0 Å². The van der Waals surface area contributed by atoms with Gasteiger partial charge in [-0.05, 0) is 25.7 Å². The standard InChI is InChI=1S/C17H32N2O3S/c1-2-3-4-5-6-7-17(20)19-11-8-15(9-12-19)18-16-10-13-23(21,22)14-16/h15-16,18H,2-14H2,1H3/t16-/m0/s1. The molecule has 6 heteroatoms. The molecule has 2 heterocycles. The van der Waals surface area contributed by atoms with Crippen molar-refractivity contribution in [1.29, 1.82) is 0 Å². The Balaban J connectivity index is 1.61. The van der Waals surface area contributed by atoms with Crippen molar-refractivity contribution < 1.29 is 13.2 Å². The molecule has 1 amide bonds. The van der Waals surface area contributed by atoms with Gasteiger partial charge in [-0.1, -0.05) is 32.6 Å². The van der Waals surface area contributed by atoms with E-state index in [1.54, 1.807) is 0 Å². The number of likely N-dealkylation sites (tertiary alicyclic amines) is 1. The molecular weight excluding hydrogens is 312 g/mol. The lowest BCUT2D eigenvalue weighted by atomic mass is 10.0. The number of piperidine rings is 1. The Kier molecular flexibility index (Phi) is 7.34. The highest BCUT2D eigenvalue weighted by molar-refractivity contribution is 7.91. The molecule has 2 fully saturated rings. The van der Waals surface area contributed by atoms with Crippen molar-refractivity contribution in [2.45, 2.75) is 76.8 Å². The number of carbonyl (C=O) groups is 1. The molecule has 0 aromatic heterocycles. The Morgan fingerprint density at radius 3 is 2.35 bits per heavy atom. The number of nitrogens with zero attached hydrogens (tertiary/aromatic N) is 1. The fourth-order valence-corrected chi connectivity index (χ4v) is 5.28. The van der Waals surface area contributed by atoms with Crippen LogP contribution in [0.2, 0.25) is 0 Å². The normalized spacial score (nSPS) is 24.9. The average Bonchev–Trinajstić information content (AvgIpc) is 2.86. The summed E-state index contributed by atoms with van der Waals surface area (Å²) in [5, 5.41) is 3.48. The van der Waals surface area contributed by atoms with E-state index in [9.17, 15) is 13.2 Å². The van der Waals surface area contributed by atoms with Crippen molar-refractivity contribution in [3.8, 4) is 0 Å². The van der Waals surface area contributed by atoms with E-state index in [-0.39, 0.29) is 11.8 Å². The topological polar surface area (TPSA) is 66.5 Å². The first-order valence-electron chi connectivity index (χ1n) is 9.24. The highest BCUT2D eigenvalue weighted by Crippen LogP contribution is 2.17. The minimum Gasteiger partial charge on any atom is -0.343 e. The van der Waals surface area contributed by atoms with Gasteiger partial charge in [-0.2, -0.15) is 0 Å². The van der Waals surface area contributed by atoms with E-state index in [1.165, 1.54) is 19.3 Å². The van der Waals surface area contributed by atoms with Crippen LogP contribution in [0.25, 0.3) is 0 Å². The van der Waals surface area contributed by atoms with Crippen molar-refractivity contribution in [2.75, 3.05) is 24.6 Å². The predicted octanol–water partition coefficient (Wildman–Crippen LogP) is 2.11. The molecule has 23 heavy (non-hydrogen) atoms. The number of nitrogens with one attached hydrogen (secondary N) is 1. The summed E-state index contributed by atoms with van der Waals surface area (Å²) in [4.78, 5) is 14.2. The summed E-state index contributed by atoms with van der Waals surface area (Å²) in [6.45, 7) is 3.82. The van der Waals surface area contributed by atoms with Crippen LogP contribution in [0.15, 0.2) is 0 Å². The second kappa shape index (κ2) is 9.02. The Labute approximate surface area is 141 Å². The van der Waals surface area contributed by atoms with Crippen LogP contribution in [0.3, 0.4) is 0 Å². The van der Waals surface area contributed by atoms with Gasteiger partial charge in [0.25, 0.3) is 0 Å². The largest absolute Gasteiger partial charge is 0.343 e. The van der Waals surface area contributed by atoms with Gasteiger partial charge in [0, 0.05) is 31.6 Å². The van der Waals surface area contributed by atoms with Crippen LogP contribution >= 0.6 is 0 Å². The first-order valence-corrected chi connectivity index (χ1v) is 11.1. The zero-order chi connectivity index (χ0) is 16.7. The number of sulfone groups is 1. The molecular formula is C17H32N2O3S. The van der Waals surface area contributed by atoms with E-state index >= 15 is 0 Å². The van der Waals surface area contributed by atoms with E-state index in [0.717, 1.165) is 45.2 Å². The van der Waals surface area contributed by atoms with Crippen molar-refractivity contribution >= 4 is 15.7 Å². The third-order valence-electron chi connectivity index (χ3n) is 5.05. The van der Waals surface area contributed by atoms with Gasteiger partial charge in [0.05, 0.1) is 11.5 Å². The first kappa shape index (κ1) is 18.7. The molecule has 2 aliphatic rings. The Morgan fingerprint density at radius 1 is 1.04 bits per heavy atom. The van der Waals surface area contributed by atoms with Crippen LogP contribution in [-0.4, -0.2) is 55.9 Å². The summed E-state index contributed by atoms with van der Waals surface area (Å²) < 4.78 is 23.0. The molecule has 0 aromatic rings. The number of amides is 1. The molecule has 0 aromatic carbocycles. The Morgan fingerprint density at radius 2 is 1.74 bits per heavy atom. The minimum atomic E-state index is -2.81. The second-order valence-electron chi connectivity index (χ2n) is 7.09.